The van der Waals surface area contributed by atoms with Crippen LogP contribution in [0.3, 0.4) is 0 Å². The molecule has 102 valence electrons. The van der Waals surface area contributed by atoms with Crippen LogP contribution < -0.4 is 14.4 Å². The summed E-state index contributed by atoms with van der Waals surface area (Å²) in [5, 5.41) is 9.46. The fourth-order valence-electron chi connectivity index (χ4n) is 1.73. The lowest BCUT2D eigenvalue weighted by atomic mass is 10.0. The largest absolute Gasteiger partial charge is 0.496 e. The van der Waals surface area contributed by atoms with Gasteiger partial charge in [0.2, 0.25) is 0 Å². The summed E-state index contributed by atoms with van der Waals surface area (Å²) in [5.41, 5.74) is 1.56. The Bertz CT molecular complexity index is 416. The average molecular weight is 253 g/mol. The molecular formula is C14H23NO3. The van der Waals surface area contributed by atoms with Crippen molar-refractivity contribution >= 4 is 5.69 Å². The van der Waals surface area contributed by atoms with Crippen molar-refractivity contribution in [3.63, 3.8) is 0 Å². The maximum Gasteiger partial charge on any atom is 0.142 e. The highest BCUT2D eigenvalue weighted by atomic mass is 16.5. The number of nitrogens with zero attached hydrogens (tertiary/aromatic N) is 1. The third-order valence-electron chi connectivity index (χ3n) is 3.35. The minimum absolute atomic E-state index is 0.0584. The van der Waals surface area contributed by atoms with Crippen LogP contribution in [-0.4, -0.2) is 38.5 Å². The number of anilines is 1. The van der Waals surface area contributed by atoms with Crippen LogP contribution in [0.25, 0.3) is 0 Å². The first kappa shape index (κ1) is 14.6. The van der Waals surface area contributed by atoms with Crippen molar-refractivity contribution in [1.29, 1.82) is 0 Å². The Hall–Kier alpha value is -1.42. The summed E-state index contributed by atoms with van der Waals surface area (Å²) in [7, 11) is 5.23. The van der Waals surface area contributed by atoms with E-state index in [9.17, 15) is 5.11 Å². The van der Waals surface area contributed by atoms with Crippen molar-refractivity contribution in [1.82, 2.24) is 0 Å². The fourth-order valence-corrected chi connectivity index (χ4v) is 1.73. The van der Waals surface area contributed by atoms with Crippen LogP contribution in [0, 0.1) is 6.92 Å². The van der Waals surface area contributed by atoms with Gasteiger partial charge in [-0.2, -0.15) is 0 Å². The van der Waals surface area contributed by atoms with Crippen LogP contribution in [-0.2, 0) is 0 Å². The number of methoxy groups -OCH3 is 2. The zero-order chi connectivity index (χ0) is 13.9. The Morgan fingerprint density at radius 2 is 1.72 bits per heavy atom. The predicted molar refractivity (Wildman–Crippen MR) is 73.9 cm³/mol. The zero-order valence-corrected chi connectivity index (χ0v) is 12.1. The van der Waals surface area contributed by atoms with Gasteiger partial charge in [-0.15, -0.1) is 0 Å². The van der Waals surface area contributed by atoms with Crippen molar-refractivity contribution in [3.8, 4) is 11.5 Å². The van der Waals surface area contributed by atoms with Gasteiger partial charge < -0.3 is 19.5 Å². The molecule has 0 aliphatic heterocycles. The summed E-state index contributed by atoms with van der Waals surface area (Å²) in [6, 6.07) is 3.88. The van der Waals surface area contributed by atoms with Gasteiger partial charge in [-0.25, -0.2) is 0 Å². The van der Waals surface area contributed by atoms with Crippen LogP contribution in [0.15, 0.2) is 12.1 Å². The Morgan fingerprint density at radius 1 is 1.17 bits per heavy atom. The van der Waals surface area contributed by atoms with Crippen LogP contribution in [0.5, 0.6) is 11.5 Å². The van der Waals surface area contributed by atoms with Crippen molar-refractivity contribution in [2.75, 3.05) is 32.8 Å². The minimum Gasteiger partial charge on any atom is -0.496 e. The van der Waals surface area contributed by atoms with E-state index in [-0.39, 0.29) is 12.1 Å². The molecule has 0 radical (unpaired) electrons. The van der Waals surface area contributed by atoms with E-state index in [0.717, 1.165) is 22.7 Å². The summed E-state index contributed by atoms with van der Waals surface area (Å²) < 4.78 is 10.7. The Balaban J connectivity index is 3.29. The molecule has 0 aliphatic rings. The molecule has 0 aliphatic carbocycles. The van der Waals surface area contributed by atoms with E-state index in [1.807, 2.05) is 44.9 Å². The van der Waals surface area contributed by atoms with Gasteiger partial charge in [0.1, 0.15) is 11.5 Å². The number of rotatable bonds is 5. The van der Waals surface area contributed by atoms with Crippen LogP contribution in [0.4, 0.5) is 5.69 Å². The molecule has 4 nitrogen and oxygen atoms in total. The van der Waals surface area contributed by atoms with E-state index in [0.29, 0.717) is 0 Å². The molecule has 1 rings (SSSR count). The summed E-state index contributed by atoms with van der Waals surface area (Å²) in [6.07, 6.45) is 0. The maximum atomic E-state index is 9.46. The van der Waals surface area contributed by atoms with Gasteiger partial charge in [0, 0.05) is 13.1 Å². The minimum atomic E-state index is -0.368. The number of hydrogen-bond donors (Lipinski definition) is 1. The first-order valence-corrected chi connectivity index (χ1v) is 5.94. The van der Waals surface area contributed by atoms with Crippen LogP contribution >= 0.6 is 0 Å². The molecule has 0 saturated carbocycles. The van der Waals surface area contributed by atoms with E-state index in [1.54, 1.807) is 14.2 Å². The summed E-state index contributed by atoms with van der Waals surface area (Å²) >= 11 is 0. The SMILES string of the molecule is COc1cc(N(C)C(C)(C)CO)c(OC)cc1C. The molecule has 1 aromatic rings. The first-order chi connectivity index (χ1) is 8.37. The highest BCUT2D eigenvalue weighted by Crippen LogP contribution is 2.37. The van der Waals surface area contributed by atoms with Gasteiger partial charge in [0.25, 0.3) is 0 Å². The third-order valence-corrected chi connectivity index (χ3v) is 3.35. The Morgan fingerprint density at radius 3 is 2.17 bits per heavy atom. The van der Waals surface area contributed by atoms with E-state index in [4.69, 9.17) is 9.47 Å². The van der Waals surface area contributed by atoms with Crippen molar-refractivity contribution in [3.05, 3.63) is 17.7 Å². The molecule has 0 heterocycles. The second-order valence-electron chi connectivity index (χ2n) is 5.02. The second kappa shape index (κ2) is 5.48. The average Bonchev–Trinajstić information content (AvgIpc) is 2.37. The predicted octanol–water partition coefficient (Wildman–Crippen LogP) is 2.22. The van der Waals surface area contributed by atoms with E-state index in [1.165, 1.54) is 0 Å². The number of benzene rings is 1. The highest BCUT2D eigenvalue weighted by Gasteiger charge is 2.25. The van der Waals surface area contributed by atoms with Gasteiger partial charge in [-0.1, -0.05) is 0 Å². The number of aliphatic hydroxyl groups excluding tert-OH is 1. The molecule has 1 aromatic carbocycles. The van der Waals surface area contributed by atoms with Crippen molar-refractivity contribution < 1.29 is 14.6 Å². The summed E-state index contributed by atoms with van der Waals surface area (Å²) in [5.74, 6) is 1.59. The van der Waals surface area contributed by atoms with Gasteiger partial charge in [0.05, 0.1) is 32.1 Å². The number of likely N-dealkylation sites (N-methyl/N-ethyl adjacent to an activating group) is 1. The molecule has 0 unspecified atom stereocenters. The van der Waals surface area contributed by atoms with E-state index >= 15 is 0 Å². The highest BCUT2D eigenvalue weighted by molar-refractivity contribution is 5.64. The van der Waals surface area contributed by atoms with Crippen molar-refractivity contribution in [2.45, 2.75) is 26.3 Å². The van der Waals surface area contributed by atoms with Gasteiger partial charge in [0.15, 0.2) is 0 Å². The molecule has 0 aromatic heterocycles. The van der Waals surface area contributed by atoms with Gasteiger partial charge >= 0.3 is 0 Å². The summed E-state index contributed by atoms with van der Waals surface area (Å²) in [6.45, 7) is 5.97. The van der Waals surface area contributed by atoms with Gasteiger partial charge in [-0.05, 0) is 32.4 Å². The molecule has 1 N–H and O–H groups in total. The normalized spacial score (nSPS) is 11.3. The molecule has 4 heteroatoms. The number of hydrogen-bond acceptors (Lipinski definition) is 4. The maximum absolute atomic E-state index is 9.46. The lowest BCUT2D eigenvalue weighted by molar-refractivity contribution is 0.215. The number of aryl methyl sites for hydroxylation is 1. The monoisotopic (exact) mass is 253 g/mol. The number of ether oxygens (including phenoxy) is 2. The quantitative estimate of drug-likeness (QED) is 0.873. The molecule has 0 bridgehead atoms. The molecule has 0 atom stereocenters. The summed E-state index contributed by atoms with van der Waals surface area (Å²) in [4.78, 5) is 1.99. The molecule has 0 saturated heterocycles. The number of aliphatic hydroxyl groups is 1. The Kier molecular flexibility index (Phi) is 4.46. The standard InChI is InChI=1S/C14H23NO3/c1-10-7-13(18-6)11(8-12(10)17-5)15(4)14(2,3)9-16/h7-8,16H,9H2,1-6H3. The second-order valence-corrected chi connectivity index (χ2v) is 5.02. The van der Waals surface area contributed by atoms with E-state index < -0.39 is 0 Å². The lowest BCUT2D eigenvalue weighted by Gasteiger charge is -2.36. The molecule has 0 fully saturated rings. The molecular weight excluding hydrogens is 230 g/mol. The Labute approximate surface area is 109 Å². The topological polar surface area (TPSA) is 41.9 Å². The van der Waals surface area contributed by atoms with Gasteiger partial charge in [-0.3, -0.25) is 0 Å². The van der Waals surface area contributed by atoms with Crippen LogP contribution in [0.2, 0.25) is 0 Å². The molecule has 0 amide bonds. The molecule has 18 heavy (non-hydrogen) atoms. The van der Waals surface area contributed by atoms with Crippen molar-refractivity contribution in [2.24, 2.45) is 0 Å². The lowest BCUT2D eigenvalue weighted by Crippen LogP contribution is -2.44. The van der Waals surface area contributed by atoms with Crippen LogP contribution in [0.1, 0.15) is 19.4 Å². The first-order valence-electron chi connectivity index (χ1n) is 5.94. The fraction of sp³-hybridized carbons (Fsp3) is 0.571. The molecule has 0 spiro atoms. The third kappa shape index (κ3) is 2.70. The van der Waals surface area contributed by atoms with E-state index in [2.05, 4.69) is 0 Å². The smallest absolute Gasteiger partial charge is 0.142 e. The zero-order valence-electron chi connectivity index (χ0n) is 12.1.